The molecule has 4 heteroatoms. The molecule has 21 heavy (non-hydrogen) atoms. The van der Waals surface area contributed by atoms with E-state index in [9.17, 15) is 0 Å². The van der Waals surface area contributed by atoms with E-state index in [1.165, 1.54) is 25.7 Å². The number of hydrogen-bond acceptors (Lipinski definition) is 2. The molecular weight excluding hydrogens is 305 g/mol. The number of benzene rings is 1. The van der Waals surface area contributed by atoms with Gasteiger partial charge in [-0.1, -0.05) is 49.9 Å². The molecule has 0 amide bonds. The molecule has 1 atom stereocenters. The molecule has 1 aromatic rings. The number of rotatable bonds is 9. The second-order valence-electron chi connectivity index (χ2n) is 5.34. The Morgan fingerprint density at radius 2 is 1.67 bits per heavy atom. The van der Waals surface area contributed by atoms with Crippen LogP contribution in [0.25, 0.3) is 0 Å². The maximum absolute atomic E-state index is 6.48. The van der Waals surface area contributed by atoms with Gasteiger partial charge in [-0.25, -0.2) is 0 Å². The van der Waals surface area contributed by atoms with Crippen LogP contribution in [-0.2, 0) is 0 Å². The van der Waals surface area contributed by atoms with Gasteiger partial charge >= 0.3 is 0 Å². The van der Waals surface area contributed by atoms with Crippen LogP contribution < -0.4 is 10.1 Å². The molecule has 1 N–H and O–H groups in total. The van der Waals surface area contributed by atoms with Gasteiger partial charge in [0.1, 0.15) is 5.75 Å². The lowest BCUT2D eigenvalue weighted by molar-refractivity contribution is 0.328. The van der Waals surface area contributed by atoms with Gasteiger partial charge in [0, 0.05) is 17.1 Å². The fourth-order valence-corrected chi connectivity index (χ4v) is 3.41. The van der Waals surface area contributed by atoms with E-state index in [-0.39, 0.29) is 6.04 Å². The van der Waals surface area contributed by atoms with Crippen LogP contribution in [-0.4, -0.2) is 13.7 Å². The van der Waals surface area contributed by atoms with Crippen molar-refractivity contribution in [3.8, 4) is 5.75 Å². The molecule has 0 radical (unpaired) electrons. The molecule has 2 nitrogen and oxygen atoms in total. The van der Waals surface area contributed by atoms with E-state index in [2.05, 4.69) is 19.2 Å². The highest BCUT2D eigenvalue weighted by Gasteiger charge is 2.23. The van der Waals surface area contributed by atoms with Crippen LogP contribution in [0.1, 0.15) is 58.1 Å². The van der Waals surface area contributed by atoms with E-state index in [0.717, 1.165) is 10.6 Å². The zero-order valence-electron chi connectivity index (χ0n) is 13.5. The molecule has 0 saturated carbocycles. The highest BCUT2D eigenvalue weighted by atomic mass is 35.5. The van der Waals surface area contributed by atoms with Crippen LogP contribution >= 0.6 is 23.2 Å². The molecule has 120 valence electrons. The summed E-state index contributed by atoms with van der Waals surface area (Å²) in [5.74, 6) is 1.22. The summed E-state index contributed by atoms with van der Waals surface area (Å²) in [6.45, 7) is 6.97. The van der Waals surface area contributed by atoms with Gasteiger partial charge in [-0.3, -0.25) is 0 Å². The second-order valence-corrected chi connectivity index (χ2v) is 6.16. The standard InChI is InChI=1S/C17H27Cl2NO/c1-5-8-12(9-6-2)17(20-4)13-10-15(19)16(21-7-3)11-14(13)18/h10-12,17,20H,5-9H2,1-4H3. The van der Waals surface area contributed by atoms with Crippen LogP contribution in [0.5, 0.6) is 5.75 Å². The summed E-state index contributed by atoms with van der Waals surface area (Å²) >= 11 is 12.8. The summed E-state index contributed by atoms with van der Waals surface area (Å²) in [4.78, 5) is 0. The van der Waals surface area contributed by atoms with E-state index in [4.69, 9.17) is 27.9 Å². The molecule has 0 aliphatic rings. The van der Waals surface area contributed by atoms with Crippen molar-refractivity contribution < 1.29 is 4.74 Å². The molecule has 1 aromatic carbocycles. The van der Waals surface area contributed by atoms with Crippen molar-refractivity contribution in [2.24, 2.45) is 5.92 Å². The molecule has 0 bridgehead atoms. The minimum atomic E-state index is 0.227. The second kappa shape index (κ2) is 9.55. The topological polar surface area (TPSA) is 21.3 Å². The Balaban J connectivity index is 3.11. The maximum atomic E-state index is 6.48. The monoisotopic (exact) mass is 331 g/mol. The van der Waals surface area contributed by atoms with Gasteiger partial charge in [-0.15, -0.1) is 0 Å². The van der Waals surface area contributed by atoms with Crippen LogP contribution in [0.2, 0.25) is 10.0 Å². The SMILES string of the molecule is CCCC(CCC)C(NC)c1cc(Cl)c(OCC)cc1Cl. The molecule has 0 heterocycles. The van der Waals surface area contributed by atoms with Crippen molar-refractivity contribution >= 4 is 23.2 Å². The van der Waals surface area contributed by atoms with Gasteiger partial charge < -0.3 is 10.1 Å². The Morgan fingerprint density at radius 1 is 1.05 bits per heavy atom. The van der Waals surface area contributed by atoms with Crippen LogP contribution in [0.15, 0.2) is 12.1 Å². The quantitative estimate of drug-likeness (QED) is 0.611. The highest BCUT2D eigenvalue weighted by Crippen LogP contribution is 2.38. The average molecular weight is 332 g/mol. The van der Waals surface area contributed by atoms with Gasteiger partial charge in [-0.2, -0.15) is 0 Å². The number of halogens is 2. The molecule has 0 spiro atoms. The molecule has 1 unspecified atom stereocenters. The van der Waals surface area contributed by atoms with E-state index in [1.54, 1.807) is 0 Å². The Labute approximate surface area is 139 Å². The van der Waals surface area contributed by atoms with E-state index in [1.807, 2.05) is 26.1 Å². The van der Waals surface area contributed by atoms with Gasteiger partial charge in [0.05, 0.1) is 11.6 Å². The summed E-state index contributed by atoms with van der Waals surface area (Å²) in [6.07, 6.45) is 4.71. The largest absolute Gasteiger partial charge is 0.492 e. The third-order valence-corrected chi connectivity index (χ3v) is 4.41. The fraction of sp³-hybridized carbons (Fsp3) is 0.647. The van der Waals surface area contributed by atoms with E-state index in [0.29, 0.717) is 23.3 Å². The molecular formula is C17H27Cl2NO. The Morgan fingerprint density at radius 3 is 2.14 bits per heavy atom. The van der Waals surface area contributed by atoms with Crippen molar-refractivity contribution in [2.45, 2.75) is 52.5 Å². The predicted octanol–water partition coefficient (Wildman–Crippen LogP) is 5.87. The molecule has 0 saturated heterocycles. The first-order valence-electron chi connectivity index (χ1n) is 7.87. The van der Waals surface area contributed by atoms with Crippen molar-refractivity contribution in [3.05, 3.63) is 27.7 Å². The number of ether oxygens (including phenoxy) is 1. The minimum Gasteiger partial charge on any atom is -0.492 e. The van der Waals surface area contributed by atoms with Crippen molar-refractivity contribution in [3.63, 3.8) is 0 Å². The first-order valence-corrected chi connectivity index (χ1v) is 8.63. The third kappa shape index (κ3) is 5.05. The molecule has 1 rings (SSSR count). The summed E-state index contributed by atoms with van der Waals surface area (Å²) < 4.78 is 5.50. The molecule has 0 aliphatic heterocycles. The zero-order chi connectivity index (χ0) is 15.8. The average Bonchev–Trinajstić information content (AvgIpc) is 2.45. The molecule has 0 aromatic heterocycles. The maximum Gasteiger partial charge on any atom is 0.139 e. The van der Waals surface area contributed by atoms with Gasteiger partial charge in [-0.05, 0) is 44.4 Å². The third-order valence-electron chi connectivity index (χ3n) is 3.79. The Hall–Kier alpha value is -0.440. The lowest BCUT2D eigenvalue weighted by atomic mass is 9.86. The van der Waals surface area contributed by atoms with Gasteiger partial charge in [0.2, 0.25) is 0 Å². The minimum absolute atomic E-state index is 0.227. The van der Waals surface area contributed by atoms with Gasteiger partial charge in [0.25, 0.3) is 0 Å². The summed E-state index contributed by atoms with van der Waals surface area (Å²) in [7, 11) is 1.99. The van der Waals surface area contributed by atoms with Crippen LogP contribution in [0, 0.1) is 5.92 Å². The van der Waals surface area contributed by atoms with Crippen LogP contribution in [0.4, 0.5) is 0 Å². The normalized spacial score (nSPS) is 12.7. The highest BCUT2D eigenvalue weighted by molar-refractivity contribution is 6.34. The number of nitrogens with one attached hydrogen (secondary N) is 1. The number of hydrogen-bond donors (Lipinski definition) is 1. The molecule has 0 aliphatic carbocycles. The summed E-state index contributed by atoms with van der Waals surface area (Å²) in [5.41, 5.74) is 1.07. The Bertz CT molecular complexity index is 431. The lowest BCUT2D eigenvalue weighted by Gasteiger charge is -2.28. The van der Waals surface area contributed by atoms with Crippen molar-refractivity contribution in [1.82, 2.24) is 5.32 Å². The Kier molecular flexibility index (Phi) is 8.46. The van der Waals surface area contributed by atoms with E-state index >= 15 is 0 Å². The summed E-state index contributed by atoms with van der Waals surface area (Å²) in [6, 6.07) is 4.02. The lowest BCUT2D eigenvalue weighted by Crippen LogP contribution is -2.25. The van der Waals surface area contributed by atoms with E-state index < -0.39 is 0 Å². The fourth-order valence-electron chi connectivity index (χ4n) is 2.91. The van der Waals surface area contributed by atoms with Crippen molar-refractivity contribution in [1.29, 1.82) is 0 Å². The van der Waals surface area contributed by atoms with Gasteiger partial charge in [0.15, 0.2) is 0 Å². The van der Waals surface area contributed by atoms with Crippen LogP contribution in [0.3, 0.4) is 0 Å². The first-order chi connectivity index (χ1) is 10.1. The van der Waals surface area contributed by atoms with Crippen molar-refractivity contribution in [2.75, 3.05) is 13.7 Å². The first kappa shape index (κ1) is 18.6. The summed E-state index contributed by atoms with van der Waals surface area (Å²) in [5, 5.41) is 4.77. The smallest absolute Gasteiger partial charge is 0.139 e. The molecule has 0 fully saturated rings. The zero-order valence-corrected chi connectivity index (χ0v) is 15.0. The predicted molar refractivity (Wildman–Crippen MR) is 92.7 cm³/mol.